The van der Waals surface area contributed by atoms with Crippen LogP contribution in [0.5, 0.6) is 0 Å². The fourth-order valence-corrected chi connectivity index (χ4v) is 3.59. The predicted molar refractivity (Wildman–Crippen MR) is 115 cm³/mol. The highest BCUT2D eigenvalue weighted by atomic mass is 19.4. The largest absolute Gasteiger partial charge is 0.466 e. The Morgan fingerprint density at radius 1 is 1.09 bits per heavy atom. The van der Waals surface area contributed by atoms with Crippen molar-refractivity contribution in [2.45, 2.75) is 12.7 Å². The maximum atomic E-state index is 13.5. The molecule has 0 fully saturated rings. The van der Waals surface area contributed by atoms with Crippen LogP contribution in [0.15, 0.2) is 76.6 Å². The summed E-state index contributed by atoms with van der Waals surface area (Å²) in [7, 11) is 1.13. The Morgan fingerprint density at radius 3 is 2.52 bits per heavy atom. The van der Waals surface area contributed by atoms with Gasteiger partial charge in [0.1, 0.15) is 0 Å². The molecule has 0 aliphatic carbocycles. The first-order chi connectivity index (χ1) is 15.6. The van der Waals surface area contributed by atoms with Crippen LogP contribution in [-0.4, -0.2) is 27.2 Å². The molecule has 0 atom stereocenters. The smallest absolute Gasteiger partial charge is 0.416 e. The molecular formula is C23H16F3N3O4. The third-order valence-corrected chi connectivity index (χ3v) is 5.18. The molecule has 4 aromatic rings. The molecule has 4 rings (SSSR count). The van der Waals surface area contributed by atoms with Crippen LogP contribution in [0, 0.1) is 0 Å². The number of hydrogen-bond acceptors (Lipinski definition) is 5. The lowest BCUT2D eigenvalue weighted by atomic mass is 10.1. The van der Waals surface area contributed by atoms with Crippen molar-refractivity contribution in [1.82, 2.24) is 14.1 Å². The summed E-state index contributed by atoms with van der Waals surface area (Å²) in [5.74, 6) is -0.800. The number of halogens is 3. The molecule has 0 bridgehead atoms. The molecule has 7 nitrogen and oxygen atoms in total. The summed E-state index contributed by atoms with van der Waals surface area (Å²) in [5, 5.41) is 0.766. The van der Waals surface area contributed by atoms with E-state index >= 15 is 0 Å². The molecule has 2 heterocycles. The summed E-state index contributed by atoms with van der Waals surface area (Å²) >= 11 is 0. The number of fused-ring (bicyclic) bond motifs is 2. The lowest BCUT2D eigenvalue weighted by molar-refractivity contribution is -0.137. The molecule has 0 saturated carbocycles. The Morgan fingerprint density at radius 2 is 1.82 bits per heavy atom. The van der Waals surface area contributed by atoms with Gasteiger partial charge in [0.05, 0.1) is 42.0 Å². The van der Waals surface area contributed by atoms with Gasteiger partial charge in [-0.2, -0.15) is 13.2 Å². The van der Waals surface area contributed by atoms with Crippen molar-refractivity contribution < 1.29 is 22.7 Å². The number of carbonyl (C=O) groups is 1. The lowest BCUT2D eigenvalue weighted by Gasteiger charge is -2.16. The highest BCUT2D eigenvalue weighted by Crippen LogP contribution is 2.31. The maximum Gasteiger partial charge on any atom is 0.416 e. The first-order valence-corrected chi connectivity index (χ1v) is 9.59. The van der Waals surface area contributed by atoms with Gasteiger partial charge in [-0.25, -0.2) is 14.2 Å². The number of rotatable bonds is 4. The van der Waals surface area contributed by atoms with Crippen molar-refractivity contribution in [3.05, 3.63) is 93.4 Å². The van der Waals surface area contributed by atoms with E-state index in [1.165, 1.54) is 12.4 Å². The minimum absolute atomic E-state index is 0.0764. The molecule has 33 heavy (non-hydrogen) atoms. The van der Waals surface area contributed by atoms with E-state index in [-0.39, 0.29) is 22.2 Å². The lowest BCUT2D eigenvalue weighted by Crippen LogP contribution is -2.40. The van der Waals surface area contributed by atoms with Crippen LogP contribution < -0.4 is 11.2 Å². The second-order valence-corrected chi connectivity index (χ2v) is 7.21. The number of alkyl halides is 3. The first-order valence-electron chi connectivity index (χ1n) is 9.59. The van der Waals surface area contributed by atoms with Gasteiger partial charge in [-0.15, -0.1) is 0 Å². The standard InChI is InChI=1S/C23H16F3N3O4/c1-13(21(31)33-2)12-28-18-8-7-15(23(24,25)26)9-17(18)20(30)29(22(28)32)19-11-27-10-14-5-3-4-6-16(14)19/h3-11H,1,12H2,2H3. The molecule has 0 radical (unpaired) electrons. The average molecular weight is 455 g/mol. The normalized spacial score (nSPS) is 11.6. The van der Waals surface area contributed by atoms with Gasteiger partial charge in [-0.3, -0.25) is 14.3 Å². The van der Waals surface area contributed by atoms with Crippen LogP contribution in [0.2, 0.25) is 0 Å². The molecule has 10 heteroatoms. The first kappa shape index (κ1) is 22.0. The Labute approximate surface area is 184 Å². The van der Waals surface area contributed by atoms with Crippen LogP contribution in [0.1, 0.15) is 5.56 Å². The summed E-state index contributed by atoms with van der Waals surface area (Å²) in [6.45, 7) is 3.19. The summed E-state index contributed by atoms with van der Waals surface area (Å²) in [6.07, 6.45) is -1.89. The van der Waals surface area contributed by atoms with Crippen LogP contribution in [0.3, 0.4) is 0 Å². The molecule has 2 aromatic heterocycles. The van der Waals surface area contributed by atoms with Crippen molar-refractivity contribution in [2.75, 3.05) is 7.11 Å². The van der Waals surface area contributed by atoms with Crippen molar-refractivity contribution in [3.8, 4) is 5.69 Å². The van der Waals surface area contributed by atoms with Crippen LogP contribution in [0.25, 0.3) is 27.4 Å². The van der Waals surface area contributed by atoms with Gasteiger partial charge in [0, 0.05) is 22.5 Å². The zero-order valence-corrected chi connectivity index (χ0v) is 17.2. The third kappa shape index (κ3) is 3.79. The fraction of sp³-hybridized carbons (Fsp3) is 0.130. The third-order valence-electron chi connectivity index (χ3n) is 5.18. The number of pyridine rings is 1. The molecule has 0 unspecified atom stereocenters. The van der Waals surface area contributed by atoms with Gasteiger partial charge in [-0.05, 0) is 18.2 Å². The Kier molecular flexibility index (Phi) is 5.36. The molecule has 2 aromatic carbocycles. The van der Waals surface area contributed by atoms with E-state index in [1.807, 2.05) is 0 Å². The Hall–Kier alpha value is -4.21. The molecule has 0 aliphatic rings. The quantitative estimate of drug-likeness (QED) is 0.348. The van der Waals surface area contributed by atoms with Gasteiger partial charge >= 0.3 is 17.8 Å². The van der Waals surface area contributed by atoms with Crippen molar-refractivity contribution in [1.29, 1.82) is 0 Å². The van der Waals surface area contributed by atoms with Gasteiger partial charge in [-0.1, -0.05) is 30.8 Å². The van der Waals surface area contributed by atoms with E-state index in [0.29, 0.717) is 16.8 Å². The summed E-state index contributed by atoms with van der Waals surface area (Å²) < 4.78 is 46.5. The number of methoxy groups -OCH3 is 1. The number of ether oxygens (including phenoxy) is 1. The predicted octanol–water partition coefficient (Wildman–Crippen LogP) is 3.45. The van der Waals surface area contributed by atoms with Crippen LogP contribution in [-0.2, 0) is 22.3 Å². The van der Waals surface area contributed by atoms with E-state index in [2.05, 4.69) is 16.3 Å². The van der Waals surface area contributed by atoms with Crippen molar-refractivity contribution >= 4 is 27.6 Å². The van der Waals surface area contributed by atoms with Crippen molar-refractivity contribution in [2.24, 2.45) is 0 Å². The minimum Gasteiger partial charge on any atom is -0.466 e. The number of aromatic nitrogens is 3. The molecule has 0 N–H and O–H groups in total. The second-order valence-electron chi connectivity index (χ2n) is 7.21. The van der Waals surface area contributed by atoms with E-state index < -0.39 is 35.5 Å². The Bertz CT molecular complexity index is 1550. The maximum absolute atomic E-state index is 13.5. The Balaban J connectivity index is 2.12. The minimum atomic E-state index is -4.71. The molecule has 168 valence electrons. The van der Waals surface area contributed by atoms with E-state index in [9.17, 15) is 27.6 Å². The SMILES string of the molecule is C=C(Cn1c(=O)n(-c2cncc3ccccc23)c(=O)c2cc(C(F)(F)F)ccc21)C(=O)OC. The number of carbonyl (C=O) groups excluding carboxylic acids is 1. The molecule has 0 aliphatic heterocycles. The van der Waals surface area contributed by atoms with Gasteiger partial charge in [0.25, 0.3) is 5.56 Å². The highest BCUT2D eigenvalue weighted by molar-refractivity contribution is 5.90. The number of hydrogen-bond donors (Lipinski definition) is 0. The summed E-state index contributed by atoms with van der Waals surface area (Å²) in [6, 6.07) is 9.29. The highest BCUT2D eigenvalue weighted by Gasteiger charge is 2.31. The number of benzene rings is 2. The number of esters is 1. The van der Waals surface area contributed by atoms with E-state index in [0.717, 1.165) is 28.4 Å². The monoisotopic (exact) mass is 455 g/mol. The van der Waals surface area contributed by atoms with Crippen LogP contribution in [0.4, 0.5) is 13.2 Å². The topological polar surface area (TPSA) is 83.2 Å². The fourth-order valence-electron chi connectivity index (χ4n) is 3.59. The molecule has 0 spiro atoms. The zero-order valence-electron chi connectivity index (χ0n) is 17.2. The van der Waals surface area contributed by atoms with Gasteiger partial charge < -0.3 is 4.74 Å². The summed E-state index contributed by atoms with van der Waals surface area (Å²) in [4.78, 5) is 42.7. The van der Waals surface area contributed by atoms with E-state index in [1.54, 1.807) is 24.3 Å². The average Bonchev–Trinajstić information content (AvgIpc) is 2.80. The molecule has 0 amide bonds. The zero-order chi connectivity index (χ0) is 23.9. The van der Waals surface area contributed by atoms with Gasteiger partial charge in [0.2, 0.25) is 0 Å². The second kappa shape index (κ2) is 8.05. The molecule has 0 saturated heterocycles. The summed E-state index contributed by atoms with van der Waals surface area (Å²) in [5.41, 5.74) is -2.96. The van der Waals surface area contributed by atoms with Crippen LogP contribution >= 0.6 is 0 Å². The molecular weight excluding hydrogens is 439 g/mol. The number of nitrogens with zero attached hydrogens (tertiary/aromatic N) is 3. The van der Waals surface area contributed by atoms with Gasteiger partial charge in [0.15, 0.2) is 0 Å². The van der Waals surface area contributed by atoms with Crippen molar-refractivity contribution in [3.63, 3.8) is 0 Å². The van der Waals surface area contributed by atoms with E-state index in [4.69, 9.17) is 0 Å².